The lowest BCUT2D eigenvalue weighted by Crippen LogP contribution is -2.37. The van der Waals surface area contributed by atoms with Crippen LogP contribution in [0.3, 0.4) is 0 Å². The van der Waals surface area contributed by atoms with Crippen molar-refractivity contribution < 1.29 is 14.3 Å². The van der Waals surface area contributed by atoms with Gasteiger partial charge >= 0.3 is 5.97 Å². The molecule has 0 spiro atoms. The average molecular weight is 492 g/mol. The molecule has 190 valence electrons. The molecule has 2 aromatic heterocycles. The number of esters is 1. The van der Waals surface area contributed by atoms with E-state index in [9.17, 15) is 4.79 Å². The second kappa shape index (κ2) is 9.96. The van der Waals surface area contributed by atoms with Crippen LogP contribution >= 0.6 is 0 Å². The summed E-state index contributed by atoms with van der Waals surface area (Å²) in [5.41, 5.74) is 8.26. The molecular formula is C26H33N7O3. The molecule has 36 heavy (non-hydrogen) atoms. The highest BCUT2D eigenvalue weighted by molar-refractivity contribution is 6.04. The highest BCUT2D eigenvalue weighted by atomic mass is 16.5. The molecule has 1 aliphatic heterocycles. The fourth-order valence-electron chi connectivity index (χ4n) is 3.91. The van der Waals surface area contributed by atoms with Crippen LogP contribution in [0.15, 0.2) is 46.8 Å². The van der Waals surface area contributed by atoms with E-state index < -0.39 is 5.54 Å². The normalized spacial score (nSPS) is 14.2. The molecule has 1 aromatic carbocycles. The van der Waals surface area contributed by atoms with Crippen molar-refractivity contribution in [3.8, 4) is 28.3 Å². The van der Waals surface area contributed by atoms with Crippen molar-refractivity contribution in [2.45, 2.75) is 59.7 Å². The number of amidine groups is 2. The average Bonchev–Trinajstić information content (AvgIpc) is 3.43. The molecule has 0 atom stereocenters. The number of aromatic nitrogens is 4. The lowest BCUT2D eigenvalue weighted by molar-refractivity contribution is -0.152. The molecule has 0 fully saturated rings. The van der Waals surface area contributed by atoms with Crippen LogP contribution in [0, 0.1) is 0 Å². The van der Waals surface area contributed by atoms with Crippen LogP contribution < -0.4 is 10.5 Å². The number of nitrogens with zero attached hydrogens (tertiary/aromatic N) is 6. The van der Waals surface area contributed by atoms with Gasteiger partial charge in [0.15, 0.2) is 11.4 Å². The van der Waals surface area contributed by atoms with Crippen molar-refractivity contribution in [1.82, 2.24) is 19.3 Å². The zero-order chi connectivity index (χ0) is 26.0. The SMILES string of the molecule is CCOC(=O)C(C)(C)n1cc(-c2ccc3c(c2)OCCn2cc(C(N=C(C)N)=NC(C)C)nc2-3)cn1. The molecule has 0 amide bonds. The first-order valence-corrected chi connectivity index (χ1v) is 12.1. The van der Waals surface area contributed by atoms with Crippen LogP contribution in [0.2, 0.25) is 0 Å². The van der Waals surface area contributed by atoms with Crippen molar-refractivity contribution in [1.29, 1.82) is 0 Å². The Labute approximate surface area is 210 Å². The van der Waals surface area contributed by atoms with Crippen molar-refractivity contribution in [3.05, 3.63) is 42.5 Å². The van der Waals surface area contributed by atoms with E-state index in [-0.39, 0.29) is 12.0 Å². The van der Waals surface area contributed by atoms with Gasteiger partial charge in [0, 0.05) is 24.0 Å². The van der Waals surface area contributed by atoms with Gasteiger partial charge in [0.05, 0.1) is 30.7 Å². The Morgan fingerprint density at radius 2 is 2.06 bits per heavy atom. The van der Waals surface area contributed by atoms with E-state index in [4.69, 9.17) is 20.2 Å². The molecule has 4 rings (SSSR count). The van der Waals surface area contributed by atoms with Gasteiger partial charge in [-0.15, -0.1) is 0 Å². The van der Waals surface area contributed by atoms with Crippen molar-refractivity contribution in [2.24, 2.45) is 15.7 Å². The van der Waals surface area contributed by atoms with Crippen LogP contribution in [-0.4, -0.2) is 56.2 Å². The molecule has 0 saturated carbocycles. The molecule has 10 heteroatoms. The fraction of sp³-hybridized carbons (Fsp3) is 0.423. The largest absolute Gasteiger partial charge is 0.491 e. The van der Waals surface area contributed by atoms with Crippen LogP contribution in [0.1, 0.15) is 47.2 Å². The third-order valence-corrected chi connectivity index (χ3v) is 5.74. The predicted octanol–water partition coefficient (Wildman–Crippen LogP) is 3.64. The third-order valence-electron chi connectivity index (χ3n) is 5.74. The summed E-state index contributed by atoms with van der Waals surface area (Å²) < 4.78 is 15.0. The highest BCUT2D eigenvalue weighted by Gasteiger charge is 2.32. The maximum absolute atomic E-state index is 12.4. The molecule has 1 aliphatic rings. The molecular weight excluding hydrogens is 458 g/mol. The number of fused-ring (bicyclic) bond motifs is 3. The molecule has 0 saturated heterocycles. The number of carbonyl (C=O) groups is 1. The van der Waals surface area contributed by atoms with Crippen molar-refractivity contribution >= 4 is 17.6 Å². The standard InChI is InChI=1S/C26H33N7O3/c1-7-35-25(34)26(5,6)33-14-19(13-28-33)18-8-9-20-22(12-18)36-11-10-32-15-21(31-24(20)32)23(29-16(2)3)30-17(4)27/h8-9,12-16H,7,10-11H2,1-6H3,(H2,27,29,30). The number of hydrogen-bond donors (Lipinski definition) is 1. The van der Waals surface area contributed by atoms with Crippen molar-refractivity contribution in [2.75, 3.05) is 13.2 Å². The molecule has 10 nitrogen and oxygen atoms in total. The third kappa shape index (κ3) is 5.02. The van der Waals surface area contributed by atoms with Crippen LogP contribution in [-0.2, 0) is 21.6 Å². The summed E-state index contributed by atoms with van der Waals surface area (Å²) in [6.45, 7) is 12.5. The lowest BCUT2D eigenvalue weighted by atomic mass is 10.0. The summed E-state index contributed by atoms with van der Waals surface area (Å²) in [5, 5.41) is 4.43. The Morgan fingerprint density at radius 3 is 2.75 bits per heavy atom. The number of carbonyl (C=O) groups excluding carboxylic acids is 1. The van der Waals surface area contributed by atoms with E-state index in [1.54, 1.807) is 38.6 Å². The molecule has 3 aromatic rings. The zero-order valence-electron chi connectivity index (χ0n) is 21.6. The van der Waals surface area contributed by atoms with Gasteiger partial charge in [-0.1, -0.05) is 6.07 Å². The Hall–Kier alpha value is -3.95. The highest BCUT2D eigenvalue weighted by Crippen LogP contribution is 2.36. The molecule has 0 aliphatic carbocycles. The number of ether oxygens (including phenoxy) is 2. The van der Waals surface area contributed by atoms with Crippen LogP contribution in [0.25, 0.3) is 22.5 Å². The van der Waals surface area contributed by atoms with Gasteiger partial charge in [-0.05, 0) is 59.2 Å². The van der Waals surface area contributed by atoms with Crippen molar-refractivity contribution in [3.63, 3.8) is 0 Å². The summed E-state index contributed by atoms with van der Waals surface area (Å²) in [7, 11) is 0. The van der Waals surface area contributed by atoms with E-state index in [0.29, 0.717) is 37.1 Å². The molecule has 2 N–H and O–H groups in total. The molecule has 0 unspecified atom stereocenters. The van der Waals surface area contributed by atoms with Gasteiger partial charge in [-0.3, -0.25) is 9.67 Å². The summed E-state index contributed by atoms with van der Waals surface area (Å²) in [6, 6.07) is 6.01. The number of aliphatic imine (C=N–C) groups is 2. The Morgan fingerprint density at radius 1 is 1.28 bits per heavy atom. The second-order valence-electron chi connectivity index (χ2n) is 9.46. The van der Waals surface area contributed by atoms with Gasteiger partial charge in [0.25, 0.3) is 0 Å². The predicted molar refractivity (Wildman–Crippen MR) is 139 cm³/mol. The van der Waals surface area contributed by atoms with Gasteiger partial charge in [-0.2, -0.15) is 5.10 Å². The quantitative estimate of drug-likeness (QED) is 0.319. The van der Waals surface area contributed by atoms with Gasteiger partial charge in [0.2, 0.25) is 0 Å². The summed E-state index contributed by atoms with van der Waals surface area (Å²) in [4.78, 5) is 26.3. The number of rotatable bonds is 6. The first kappa shape index (κ1) is 25.2. The maximum atomic E-state index is 12.4. The smallest absolute Gasteiger partial charge is 0.333 e. The van der Waals surface area contributed by atoms with Gasteiger partial charge in [0.1, 0.15) is 23.9 Å². The lowest BCUT2D eigenvalue weighted by Gasteiger charge is -2.22. The van der Waals surface area contributed by atoms with Gasteiger partial charge < -0.3 is 19.8 Å². The maximum Gasteiger partial charge on any atom is 0.333 e. The van der Waals surface area contributed by atoms with E-state index >= 15 is 0 Å². The minimum absolute atomic E-state index is 0.0532. The Bertz CT molecular complexity index is 1330. The van der Waals surface area contributed by atoms with E-state index in [2.05, 4.69) is 19.7 Å². The molecule has 3 heterocycles. The van der Waals surface area contributed by atoms with Crippen LogP contribution in [0.4, 0.5) is 0 Å². The second-order valence-corrected chi connectivity index (χ2v) is 9.46. The summed E-state index contributed by atoms with van der Waals surface area (Å²) in [5.74, 6) is 2.12. The monoisotopic (exact) mass is 491 g/mol. The van der Waals surface area contributed by atoms with E-state index in [1.807, 2.05) is 44.4 Å². The van der Waals surface area contributed by atoms with Crippen LogP contribution in [0.5, 0.6) is 5.75 Å². The minimum atomic E-state index is -0.919. The first-order valence-electron chi connectivity index (χ1n) is 12.1. The summed E-state index contributed by atoms with van der Waals surface area (Å²) >= 11 is 0. The molecule has 0 bridgehead atoms. The molecule has 0 radical (unpaired) electrons. The number of imidazole rings is 1. The summed E-state index contributed by atoms with van der Waals surface area (Å²) in [6.07, 6.45) is 5.52. The topological polar surface area (TPSA) is 122 Å². The number of nitrogens with two attached hydrogens (primary N) is 1. The van der Waals surface area contributed by atoms with Gasteiger partial charge in [-0.25, -0.2) is 14.8 Å². The number of hydrogen-bond acceptors (Lipinski definition) is 6. The zero-order valence-corrected chi connectivity index (χ0v) is 21.6. The minimum Gasteiger partial charge on any atom is -0.491 e. The Kier molecular flexibility index (Phi) is 6.96. The van der Waals surface area contributed by atoms with E-state index in [1.165, 1.54) is 0 Å². The van der Waals surface area contributed by atoms with E-state index in [0.717, 1.165) is 28.3 Å². The Balaban J connectivity index is 1.69. The fourth-order valence-corrected chi connectivity index (χ4v) is 3.91. The number of benzene rings is 1. The first-order chi connectivity index (χ1) is 17.1.